The van der Waals surface area contributed by atoms with Crippen LogP contribution < -0.4 is 0 Å². The molecule has 2 aliphatic rings. The molecule has 0 aliphatic carbocycles. The predicted molar refractivity (Wildman–Crippen MR) is 285 cm³/mol. The highest BCUT2D eigenvalue weighted by Gasteiger charge is 2.39. The number of ether oxygens (including phenoxy) is 7. The molecule has 2 atom stereocenters. The van der Waals surface area contributed by atoms with E-state index in [-0.39, 0.29) is 108 Å². The summed E-state index contributed by atoms with van der Waals surface area (Å²) in [7, 11) is 1.93. The molecule has 0 aromatic carbocycles. The Labute approximate surface area is 446 Å². The molecule has 1 amide bonds. The Morgan fingerprint density at radius 3 is 1.00 bits per heavy atom. The molecule has 2 saturated heterocycles. The predicted octanol–water partition coefficient (Wildman–Crippen LogP) is 11.9. The Balaban J connectivity index is 2.09. The number of likely N-dealkylation sites (tertiary alicyclic amines) is 2. The van der Waals surface area contributed by atoms with Gasteiger partial charge in [-0.25, -0.2) is 4.79 Å². The number of carbonyl (C=O) groups is 7. The first-order chi connectivity index (χ1) is 35.9. The molecular formula is C58H102N2O14. The van der Waals surface area contributed by atoms with Crippen LogP contribution in [0, 0.1) is 11.8 Å². The molecule has 2 heterocycles. The molecule has 2 aliphatic heterocycles. The van der Waals surface area contributed by atoms with Crippen molar-refractivity contribution in [1.82, 2.24) is 9.80 Å². The highest BCUT2D eigenvalue weighted by Crippen LogP contribution is 2.27. The number of nitrogens with zero attached hydrogens (tertiary/aromatic N) is 2. The highest BCUT2D eigenvalue weighted by molar-refractivity contribution is 5.73. The largest absolute Gasteiger partial charge is 0.465 e. The molecule has 2 rings (SSSR count). The Bertz CT molecular complexity index is 1380. The molecule has 0 N–H and O–H groups in total. The molecule has 0 aromatic heterocycles. The minimum atomic E-state index is -0.629. The second kappa shape index (κ2) is 43.2. The molecule has 0 saturated carbocycles. The van der Waals surface area contributed by atoms with Gasteiger partial charge in [0, 0.05) is 50.6 Å². The van der Waals surface area contributed by atoms with Crippen LogP contribution >= 0.6 is 0 Å². The average molecular weight is 1050 g/mol. The molecule has 0 aromatic rings. The van der Waals surface area contributed by atoms with Gasteiger partial charge in [-0.1, -0.05) is 156 Å². The minimum absolute atomic E-state index is 0.108. The number of unbranched alkanes of at least 4 members (excludes halogenated alkanes) is 20. The summed E-state index contributed by atoms with van der Waals surface area (Å²) in [5, 5.41) is 0. The lowest BCUT2D eigenvalue weighted by Crippen LogP contribution is -2.57. The van der Waals surface area contributed by atoms with Crippen LogP contribution in [-0.4, -0.2) is 130 Å². The van der Waals surface area contributed by atoms with Crippen molar-refractivity contribution in [1.29, 1.82) is 0 Å². The van der Waals surface area contributed by atoms with Crippen molar-refractivity contribution in [3.05, 3.63) is 0 Å². The maximum absolute atomic E-state index is 13.9. The van der Waals surface area contributed by atoms with Gasteiger partial charge in [-0.3, -0.25) is 38.6 Å². The van der Waals surface area contributed by atoms with Crippen molar-refractivity contribution >= 4 is 41.9 Å². The fourth-order valence-corrected chi connectivity index (χ4v) is 9.34. The fraction of sp³-hybridized carbons (Fsp3) is 0.879. The van der Waals surface area contributed by atoms with Crippen LogP contribution in [0.15, 0.2) is 0 Å². The summed E-state index contributed by atoms with van der Waals surface area (Å²) in [6, 6.07) is -1.18. The lowest BCUT2D eigenvalue weighted by atomic mass is 9.96. The summed E-state index contributed by atoms with van der Waals surface area (Å²) in [6.45, 7) is 9.04. The highest BCUT2D eigenvalue weighted by atomic mass is 16.6. The molecular weight excluding hydrogens is 949 g/mol. The molecule has 0 bridgehead atoms. The zero-order valence-electron chi connectivity index (χ0n) is 47.0. The normalized spacial score (nSPS) is 15.9. The van der Waals surface area contributed by atoms with Crippen LogP contribution in [-0.2, 0) is 61.9 Å². The maximum atomic E-state index is 13.9. The van der Waals surface area contributed by atoms with Crippen molar-refractivity contribution in [3.8, 4) is 0 Å². The van der Waals surface area contributed by atoms with Crippen LogP contribution in [0.2, 0.25) is 0 Å². The Morgan fingerprint density at radius 1 is 0.405 bits per heavy atom. The lowest BCUT2D eigenvalue weighted by molar-refractivity contribution is -0.157. The number of likely N-dealkylation sites (N-methyl/N-ethyl adjacent to an activating group) is 1. The topological polar surface area (TPSA) is 191 Å². The lowest BCUT2D eigenvalue weighted by Gasteiger charge is -2.43. The van der Waals surface area contributed by atoms with Crippen LogP contribution in [0.1, 0.15) is 240 Å². The molecule has 428 valence electrons. The van der Waals surface area contributed by atoms with E-state index in [0.717, 1.165) is 103 Å². The fourth-order valence-electron chi connectivity index (χ4n) is 9.34. The van der Waals surface area contributed by atoms with Crippen LogP contribution in [0.3, 0.4) is 0 Å². The van der Waals surface area contributed by atoms with E-state index >= 15 is 0 Å². The van der Waals surface area contributed by atoms with Gasteiger partial charge in [0.1, 0.15) is 19.3 Å². The van der Waals surface area contributed by atoms with Gasteiger partial charge >= 0.3 is 41.9 Å². The van der Waals surface area contributed by atoms with Crippen LogP contribution in [0.5, 0.6) is 0 Å². The Hall–Kier alpha value is -3.95. The van der Waals surface area contributed by atoms with Crippen molar-refractivity contribution in [2.75, 3.05) is 59.8 Å². The van der Waals surface area contributed by atoms with Crippen molar-refractivity contribution < 1.29 is 66.7 Å². The summed E-state index contributed by atoms with van der Waals surface area (Å²) in [4.78, 5) is 95.4. The van der Waals surface area contributed by atoms with Gasteiger partial charge in [-0.05, 0) is 52.0 Å². The number of esters is 6. The van der Waals surface area contributed by atoms with Crippen LogP contribution in [0.25, 0.3) is 0 Å². The van der Waals surface area contributed by atoms with Gasteiger partial charge in [-0.15, -0.1) is 0 Å². The SMILES string of the molecule is CCCCCCCCC(=O)OCC(COC(=O)CCCCCCCC)CC(=O)OC[C@H]1CCC[C@@H](COC(=O)CC(COC(=O)CCCCCCCC)COC(=O)CCCCCCCC)N1C(=O)OC1CN(C)C1. The number of hydrogen-bond donors (Lipinski definition) is 0. The second-order valence-electron chi connectivity index (χ2n) is 21.2. The Morgan fingerprint density at radius 2 is 0.703 bits per heavy atom. The van der Waals surface area contributed by atoms with E-state index in [2.05, 4.69) is 27.7 Å². The smallest absolute Gasteiger partial charge is 0.410 e. The first-order valence-corrected chi connectivity index (χ1v) is 29.5. The van der Waals surface area contributed by atoms with E-state index in [1.54, 1.807) is 0 Å². The second-order valence-corrected chi connectivity index (χ2v) is 21.2. The van der Waals surface area contributed by atoms with Gasteiger partial charge in [0.25, 0.3) is 0 Å². The zero-order chi connectivity index (χ0) is 54.0. The third kappa shape index (κ3) is 33.2. The summed E-state index contributed by atoms with van der Waals surface area (Å²) in [6.07, 6.45) is 26.1. The molecule has 0 spiro atoms. The quantitative estimate of drug-likeness (QED) is 0.0318. The minimum Gasteiger partial charge on any atom is -0.465 e. The summed E-state index contributed by atoms with van der Waals surface area (Å²) in [5.74, 6) is -3.90. The van der Waals surface area contributed by atoms with Gasteiger partial charge in [-0.2, -0.15) is 0 Å². The van der Waals surface area contributed by atoms with Crippen molar-refractivity contribution in [3.63, 3.8) is 0 Å². The zero-order valence-corrected chi connectivity index (χ0v) is 47.0. The van der Waals surface area contributed by atoms with Gasteiger partial charge < -0.3 is 33.2 Å². The average Bonchev–Trinajstić information content (AvgIpc) is 3.37. The molecule has 2 fully saturated rings. The molecule has 16 nitrogen and oxygen atoms in total. The van der Waals surface area contributed by atoms with E-state index in [4.69, 9.17) is 33.2 Å². The summed E-state index contributed by atoms with van der Waals surface area (Å²) >= 11 is 0. The van der Waals surface area contributed by atoms with E-state index in [1.807, 2.05) is 11.9 Å². The Kier molecular flexibility index (Phi) is 38.6. The third-order valence-electron chi connectivity index (χ3n) is 14.0. The first-order valence-electron chi connectivity index (χ1n) is 29.5. The number of piperidine rings is 1. The number of hydrogen-bond acceptors (Lipinski definition) is 15. The van der Waals surface area contributed by atoms with Crippen LogP contribution in [0.4, 0.5) is 4.79 Å². The van der Waals surface area contributed by atoms with Gasteiger partial charge in [0.15, 0.2) is 0 Å². The monoisotopic (exact) mass is 1050 g/mol. The molecule has 16 heteroatoms. The van der Waals surface area contributed by atoms with Crippen molar-refractivity contribution in [2.45, 2.75) is 258 Å². The number of rotatable bonds is 45. The van der Waals surface area contributed by atoms with E-state index in [1.165, 1.54) is 30.6 Å². The van der Waals surface area contributed by atoms with E-state index < -0.39 is 42.0 Å². The van der Waals surface area contributed by atoms with E-state index in [0.29, 0.717) is 58.0 Å². The van der Waals surface area contributed by atoms with Gasteiger partial charge in [0.2, 0.25) is 0 Å². The standard InChI is InChI=1S/C58H102N2O14/c1-6-10-14-18-22-26-33-52(61)68-41-47(42-69-53(62)34-27-23-19-15-11-7-2)37-56(65)72-45-49-31-30-32-50(60(49)58(67)74-51-39-59(5)40-51)46-73-57(66)38-48(43-70-54(63)35-28-24-20-16-12-8-3)44-71-55(64)36-29-25-21-17-13-9-4/h47-51H,6-46H2,1-5H3/t49-,50+. The first kappa shape index (κ1) is 66.2. The molecule has 74 heavy (non-hydrogen) atoms. The summed E-state index contributed by atoms with van der Waals surface area (Å²) < 4.78 is 40.0. The number of amides is 1. The number of carbonyl (C=O) groups excluding carboxylic acids is 7. The summed E-state index contributed by atoms with van der Waals surface area (Å²) in [5.41, 5.74) is 0. The van der Waals surface area contributed by atoms with E-state index in [9.17, 15) is 33.6 Å². The maximum Gasteiger partial charge on any atom is 0.410 e. The van der Waals surface area contributed by atoms with Gasteiger partial charge in [0.05, 0.1) is 51.4 Å². The third-order valence-corrected chi connectivity index (χ3v) is 14.0. The van der Waals surface area contributed by atoms with Crippen molar-refractivity contribution in [2.24, 2.45) is 11.8 Å². The molecule has 0 radical (unpaired) electrons. The molecule has 0 unspecified atom stereocenters.